The monoisotopic (exact) mass is 609 g/mol. The van der Waals surface area contributed by atoms with Gasteiger partial charge < -0.3 is 8.98 Å². The minimum atomic E-state index is 0.335. The fourth-order valence-electron chi connectivity index (χ4n) is 7.56. The third kappa shape index (κ3) is 4.04. The van der Waals surface area contributed by atoms with Crippen molar-refractivity contribution < 1.29 is 4.42 Å². The number of aromatic nitrogens is 3. The maximum atomic E-state index is 6.88. The number of fused-ring (bicyclic) bond motifs is 7. The number of benzene rings is 6. The molecule has 4 nitrogen and oxygen atoms in total. The van der Waals surface area contributed by atoms with Gasteiger partial charge >= 0.3 is 0 Å². The van der Waals surface area contributed by atoms with Crippen molar-refractivity contribution in [2.45, 2.75) is 39.5 Å². The van der Waals surface area contributed by atoms with Gasteiger partial charge in [0.1, 0.15) is 17.0 Å². The molecule has 0 spiro atoms. The number of para-hydroxylation sites is 6. The van der Waals surface area contributed by atoms with E-state index in [1.807, 2.05) is 6.07 Å². The highest BCUT2D eigenvalue weighted by atomic mass is 16.3. The summed E-state index contributed by atoms with van der Waals surface area (Å²) in [7, 11) is 0. The van der Waals surface area contributed by atoms with Gasteiger partial charge in [0.25, 0.3) is 0 Å². The smallest absolute Gasteiger partial charge is 0.149 e. The third-order valence-electron chi connectivity index (χ3n) is 9.69. The van der Waals surface area contributed by atoms with Crippen molar-refractivity contribution in [2.24, 2.45) is 0 Å². The second-order valence-corrected chi connectivity index (χ2v) is 13.2. The van der Waals surface area contributed by atoms with Crippen molar-refractivity contribution in [1.82, 2.24) is 14.1 Å². The number of rotatable bonds is 5. The molecule has 9 aromatic rings. The average Bonchev–Trinajstić information content (AvgIpc) is 3.77. The maximum absolute atomic E-state index is 6.88. The summed E-state index contributed by atoms with van der Waals surface area (Å²) in [6.07, 6.45) is 0. The number of hydrogen-bond donors (Lipinski definition) is 0. The lowest BCUT2D eigenvalue weighted by Gasteiger charge is -2.22. The molecule has 6 aromatic carbocycles. The Bertz CT molecular complexity index is 2570. The van der Waals surface area contributed by atoms with E-state index >= 15 is 0 Å². The Balaban J connectivity index is 1.43. The average molecular weight is 610 g/mol. The molecular formula is C43H35N3O. The zero-order valence-electron chi connectivity index (χ0n) is 27.0. The molecule has 0 bridgehead atoms. The fraction of sp³-hybridized carbons (Fsp3) is 0.140. The molecule has 228 valence electrons. The van der Waals surface area contributed by atoms with E-state index in [0.29, 0.717) is 11.8 Å². The lowest BCUT2D eigenvalue weighted by molar-refractivity contribution is 0.669. The molecular weight excluding hydrogens is 574 g/mol. The predicted molar refractivity (Wildman–Crippen MR) is 196 cm³/mol. The first kappa shape index (κ1) is 27.7. The highest BCUT2D eigenvalue weighted by Gasteiger charge is 2.26. The summed E-state index contributed by atoms with van der Waals surface area (Å²) in [5.74, 6) is 1.56. The fourth-order valence-corrected chi connectivity index (χ4v) is 7.56. The lowest BCUT2D eigenvalue weighted by Crippen LogP contribution is -2.08. The van der Waals surface area contributed by atoms with E-state index in [2.05, 4.69) is 158 Å². The largest absolute Gasteiger partial charge is 0.455 e. The Morgan fingerprint density at radius 2 is 1.11 bits per heavy atom. The van der Waals surface area contributed by atoms with Crippen LogP contribution in [0.25, 0.3) is 77.5 Å². The summed E-state index contributed by atoms with van der Waals surface area (Å²) >= 11 is 0. The first-order valence-corrected chi connectivity index (χ1v) is 16.5. The number of furan rings is 1. The highest BCUT2D eigenvalue weighted by Crippen LogP contribution is 2.44. The van der Waals surface area contributed by atoms with Crippen molar-refractivity contribution in [1.29, 1.82) is 0 Å². The van der Waals surface area contributed by atoms with Crippen molar-refractivity contribution >= 4 is 54.8 Å². The predicted octanol–water partition coefficient (Wildman–Crippen LogP) is 11.9. The van der Waals surface area contributed by atoms with Crippen LogP contribution in [0.3, 0.4) is 0 Å². The van der Waals surface area contributed by atoms with Crippen LogP contribution in [0.2, 0.25) is 0 Å². The van der Waals surface area contributed by atoms with E-state index in [1.54, 1.807) is 0 Å². The molecule has 4 heteroatoms. The second kappa shape index (κ2) is 10.5. The molecule has 0 N–H and O–H groups in total. The van der Waals surface area contributed by atoms with E-state index in [9.17, 15) is 0 Å². The van der Waals surface area contributed by atoms with E-state index in [0.717, 1.165) is 50.0 Å². The molecule has 47 heavy (non-hydrogen) atoms. The summed E-state index contributed by atoms with van der Waals surface area (Å²) in [4.78, 5) is 5.37. The highest BCUT2D eigenvalue weighted by molar-refractivity contribution is 6.16. The van der Waals surface area contributed by atoms with Crippen LogP contribution in [0.5, 0.6) is 0 Å². The minimum Gasteiger partial charge on any atom is -0.455 e. The van der Waals surface area contributed by atoms with Crippen molar-refractivity contribution in [2.75, 3.05) is 0 Å². The first-order valence-electron chi connectivity index (χ1n) is 16.5. The van der Waals surface area contributed by atoms with Crippen LogP contribution in [0.4, 0.5) is 0 Å². The summed E-state index contributed by atoms with van der Waals surface area (Å²) in [6, 6.07) is 45.5. The van der Waals surface area contributed by atoms with Gasteiger partial charge in [-0.2, -0.15) is 0 Å². The standard InChI is InChI=1S/C43H35N3O/c1-26(2)28-17-13-18-29(27(3)4)41(28)46-37-22-11-8-19-34(37)44-43(46)33-24-25-38(40-32-16-7-12-23-39(32)47-42(33)40)45-35-20-9-5-14-30(35)31-15-6-10-21-36(31)45/h5-27H,1-4H3. The zero-order valence-corrected chi connectivity index (χ0v) is 27.0. The number of nitrogens with zero attached hydrogens (tertiary/aromatic N) is 3. The molecule has 3 heterocycles. The number of imidazole rings is 1. The molecule has 9 rings (SSSR count). The molecule has 0 saturated carbocycles. The Kier molecular flexibility index (Phi) is 6.16. The molecule has 0 aliphatic carbocycles. The molecule has 0 atom stereocenters. The molecule has 3 aromatic heterocycles. The van der Waals surface area contributed by atoms with Gasteiger partial charge in [-0.1, -0.05) is 113 Å². The summed E-state index contributed by atoms with van der Waals surface area (Å²) in [5, 5.41) is 4.65. The normalized spacial score (nSPS) is 12.2. The first-order chi connectivity index (χ1) is 23.0. The zero-order chi connectivity index (χ0) is 31.8. The topological polar surface area (TPSA) is 35.9 Å². The summed E-state index contributed by atoms with van der Waals surface area (Å²) in [6.45, 7) is 9.11. The van der Waals surface area contributed by atoms with Crippen molar-refractivity contribution in [3.63, 3.8) is 0 Å². The molecule has 0 unspecified atom stereocenters. The SMILES string of the molecule is CC(C)c1cccc(C(C)C)c1-n1c(-c2ccc(-n3c4ccccc4c4ccccc43)c3c2oc2ccccc23)nc2ccccc21. The van der Waals surface area contributed by atoms with Crippen LogP contribution in [0, 0.1) is 0 Å². The van der Waals surface area contributed by atoms with Gasteiger partial charge in [-0.25, -0.2) is 4.98 Å². The summed E-state index contributed by atoms with van der Waals surface area (Å²) < 4.78 is 11.7. The van der Waals surface area contributed by atoms with Crippen LogP contribution in [0.15, 0.2) is 132 Å². The van der Waals surface area contributed by atoms with Gasteiger partial charge in [-0.15, -0.1) is 0 Å². The van der Waals surface area contributed by atoms with Crippen LogP contribution >= 0.6 is 0 Å². The third-order valence-corrected chi connectivity index (χ3v) is 9.69. The van der Waals surface area contributed by atoms with Crippen LogP contribution in [-0.2, 0) is 0 Å². The Hall–Kier alpha value is -5.61. The quantitative estimate of drug-likeness (QED) is 0.195. The summed E-state index contributed by atoms with van der Waals surface area (Å²) in [5.41, 5.74) is 12.0. The van der Waals surface area contributed by atoms with Gasteiger partial charge in [0, 0.05) is 16.2 Å². The maximum Gasteiger partial charge on any atom is 0.149 e. The van der Waals surface area contributed by atoms with Gasteiger partial charge in [-0.05, 0) is 65.4 Å². The van der Waals surface area contributed by atoms with Gasteiger partial charge in [0.15, 0.2) is 0 Å². The van der Waals surface area contributed by atoms with Crippen molar-refractivity contribution in [3.05, 3.63) is 139 Å². The van der Waals surface area contributed by atoms with Gasteiger partial charge in [-0.3, -0.25) is 4.57 Å². The molecule has 0 aliphatic rings. The molecule has 0 fully saturated rings. The Labute approximate surface area is 273 Å². The minimum absolute atomic E-state index is 0.335. The van der Waals surface area contributed by atoms with E-state index < -0.39 is 0 Å². The van der Waals surface area contributed by atoms with Crippen LogP contribution < -0.4 is 0 Å². The van der Waals surface area contributed by atoms with Crippen LogP contribution in [-0.4, -0.2) is 14.1 Å². The van der Waals surface area contributed by atoms with Crippen LogP contribution in [0.1, 0.15) is 50.7 Å². The van der Waals surface area contributed by atoms with Crippen molar-refractivity contribution in [3.8, 4) is 22.8 Å². The van der Waals surface area contributed by atoms with Gasteiger partial charge in [0.05, 0.1) is 44.4 Å². The second-order valence-electron chi connectivity index (χ2n) is 13.2. The molecule has 0 saturated heterocycles. The van der Waals surface area contributed by atoms with E-state index in [1.165, 1.54) is 38.6 Å². The molecule has 0 amide bonds. The Morgan fingerprint density at radius 1 is 0.532 bits per heavy atom. The lowest BCUT2D eigenvalue weighted by atomic mass is 9.92. The van der Waals surface area contributed by atoms with E-state index in [-0.39, 0.29) is 0 Å². The van der Waals surface area contributed by atoms with E-state index in [4.69, 9.17) is 9.40 Å². The molecule has 0 aliphatic heterocycles. The molecule has 0 radical (unpaired) electrons. The Morgan fingerprint density at radius 3 is 1.77 bits per heavy atom. The number of hydrogen-bond acceptors (Lipinski definition) is 2. The van der Waals surface area contributed by atoms with Gasteiger partial charge in [0.2, 0.25) is 0 Å².